The van der Waals surface area contributed by atoms with E-state index in [4.69, 9.17) is 17.0 Å². The van der Waals surface area contributed by atoms with E-state index in [0.717, 1.165) is 20.1 Å². The summed E-state index contributed by atoms with van der Waals surface area (Å²) in [4.78, 5) is 15.9. The summed E-state index contributed by atoms with van der Waals surface area (Å²) in [6.45, 7) is 3.75. The van der Waals surface area contributed by atoms with Crippen molar-refractivity contribution in [2.24, 2.45) is 0 Å². The van der Waals surface area contributed by atoms with Crippen LogP contribution in [0, 0.1) is 10.9 Å². The highest BCUT2D eigenvalue weighted by Crippen LogP contribution is 2.35. The van der Waals surface area contributed by atoms with Crippen molar-refractivity contribution < 1.29 is 9.53 Å². The number of aromatic nitrogens is 1. The molecule has 6 heteroatoms. The van der Waals surface area contributed by atoms with Crippen LogP contribution in [0.2, 0.25) is 0 Å². The second-order valence-electron chi connectivity index (χ2n) is 4.41. The third-order valence-electron chi connectivity index (χ3n) is 3.02. The zero-order valence-corrected chi connectivity index (χ0v) is 12.1. The van der Waals surface area contributed by atoms with Crippen LogP contribution in [0.1, 0.15) is 11.8 Å². The van der Waals surface area contributed by atoms with Gasteiger partial charge in [-0.2, -0.15) is 0 Å². The standard InChI is InChI=1S/C13H12N2O2S2/c1-6-12(16)14-9-5-8(3-4-10(9)17-6)11-7(2)19-13(18)15-11/h3-6H,1-2H3,(H,14,16)(H,15,18). The smallest absolute Gasteiger partial charge is 0.265 e. The molecule has 0 saturated heterocycles. The van der Waals surface area contributed by atoms with E-state index in [9.17, 15) is 4.79 Å². The largest absolute Gasteiger partial charge is 0.479 e. The van der Waals surface area contributed by atoms with Gasteiger partial charge in [-0.25, -0.2) is 0 Å². The molecule has 1 aromatic heterocycles. The molecule has 2 N–H and O–H groups in total. The number of hydrogen-bond acceptors (Lipinski definition) is 4. The Kier molecular flexibility index (Phi) is 2.91. The number of H-pyrrole nitrogens is 1. The molecule has 0 fully saturated rings. The SMILES string of the molecule is Cc1sc(=S)[nH]c1-c1ccc2c(c1)NC(=O)C(C)O2. The number of fused-ring (bicyclic) bond motifs is 1. The summed E-state index contributed by atoms with van der Waals surface area (Å²) in [5.41, 5.74) is 2.68. The summed E-state index contributed by atoms with van der Waals surface area (Å²) in [7, 11) is 0. The van der Waals surface area contributed by atoms with Gasteiger partial charge < -0.3 is 15.0 Å². The molecule has 2 heterocycles. The normalized spacial score (nSPS) is 17.6. The van der Waals surface area contributed by atoms with Crippen LogP contribution in [0.4, 0.5) is 5.69 Å². The van der Waals surface area contributed by atoms with Gasteiger partial charge in [-0.15, -0.1) is 11.3 Å². The van der Waals surface area contributed by atoms with Crippen LogP contribution in [-0.4, -0.2) is 17.0 Å². The fourth-order valence-electron chi connectivity index (χ4n) is 2.05. The van der Waals surface area contributed by atoms with Gasteiger partial charge in [0.1, 0.15) is 5.75 Å². The Bertz CT molecular complexity index is 718. The van der Waals surface area contributed by atoms with Crippen LogP contribution < -0.4 is 10.1 Å². The molecule has 1 atom stereocenters. The Hall–Kier alpha value is -1.66. The Labute approximate surface area is 119 Å². The minimum Gasteiger partial charge on any atom is -0.479 e. The van der Waals surface area contributed by atoms with Crippen molar-refractivity contribution in [3.8, 4) is 17.0 Å². The van der Waals surface area contributed by atoms with Gasteiger partial charge in [-0.3, -0.25) is 4.79 Å². The molecule has 2 aromatic rings. The van der Waals surface area contributed by atoms with Crippen LogP contribution >= 0.6 is 23.6 Å². The number of benzene rings is 1. The number of rotatable bonds is 1. The number of hydrogen-bond donors (Lipinski definition) is 2. The van der Waals surface area contributed by atoms with Crippen molar-refractivity contribution in [2.75, 3.05) is 5.32 Å². The monoisotopic (exact) mass is 292 g/mol. The van der Waals surface area contributed by atoms with Gasteiger partial charge in [0, 0.05) is 10.4 Å². The molecule has 98 valence electrons. The van der Waals surface area contributed by atoms with Crippen LogP contribution in [0.15, 0.2) is 18.2 Å². The summed E-state index contributed by atoms with van der Waals surface area (Å²) in [6.07, 6.45) is -0.452. The Morgan fingerprint density at radius 2 is 2.21 bits per heavy atom. The van der Waals surface area contributed by atoms with Gasteiger partial charge in [-0.1, -0.05) is 0 Å². The predicted molar refractivity (Wildman–Crippen MR) is 78.4 cm³/mol. The first-order valence-electron chi connectivity index (χ1n) is 5.86. The second kappa shape index (κ2) is 4.47. The summed E-state index contributed by atoms with van der Waals surface area (Å²) in [5.74, 6) is 0.571. The van der Waals surface area contributed by atoms with E-state index in [0.29, 0.717) is 11.4 Å². The zero-order valence-electron chi connectivity index (χ0n) is 10.4. The Balaban J connectivity index is 2.07. The lowest BCUT2D eigenvalue weighted by Gasteiger charge is -2.23. The molecule has 1 aromatic carbocycles. The fourth-order valence-corrected chi connectivity index (χ4v) is 3.22. The molecule has 0 aliphatic carbocycles. The molecule has 0 bridgehead atoms. The van der Waals surface area contributed by atoms with E-state index < -0.39 is 6.10 Å². The van der Waals surface area contributed by atoms with Crippen molar-refractivity contribution in [3.05, 3.63) is 27.0 Å². The number of anilines is 1. The zero-order chi connectivity index (χ0) is 13.6. The van der Waals surface area contributed by atoms with Gasteiger partial charge in [0.2, 0.25) is 0 Å². The lowest BCUT2D eigenvalue weighted by molar-refractivity contribution is -0.122. The molecule has 3 rings (SSSR count). The van der Waals surface area contributed by atoms with Crippen LogP contribution in [0.25, 0.3) is 11.3 Å². The van der Waals surface area contributed by atoms with E-state index in [2.05, 4.69) is 10.3 Å². The van der Waals surface area contributed by atoms with Crippen LogP contribution in [0.3, 0.4) is 0 Å². The number of thiazole rings is 1. The maximum Gasteiger partial charge on any atom is 0.265 e. The van der Waals surface area contributed by atoms with Gasteiger partial charge >= 0.3 is 0 Å². The molecule has 0 radical (unpaired) electrons. The van der Waals surface area contributed by atoms with E-state index >= 15 is 0 Å². The summed E-state index contributed by atoms with van der Waals surface area (Å²) in [6, 6.07) is 5.73. The van der Waals surface area contributed by atoms with Crippen molar-refractivity contribution >= 4 is 35.1 Å². The van der Waals surface area contributed by atoms with Crippen molar-refractivity contribution in [1.29, 1.82) is 0 Å². The molecule has 1 unspecified atom stereocenters. The molecular weight excluding hydrogens is 280 g/mol. The van der Waals surface area contributed by atoms with Crippen molar-refractivity contribution in [1.82, 2.24) is 4.98 Å². The maximum atomic E-state index is 11.6. The summed E-state index contributed by atoms with van der Waals surface area (Å²) < 4.78 is 6.28. The first kappa shape index (κ1) is 12.4. The minimum absolute atomic E-state index is 0.125. The molecular formula is C13H12N2O2S2. The highest BCUT2D eigenvalue weighted by molar-refractivity contribution is 7.73. The van der Waals surface area contributed by atoms with E-state index in [1.807, 2.05) is 25.1 Å². The van der Waals surface area contributed by atoms with Gasteiger partial charge in [0.15, 0.2) is 10.1 Å². The fraction of sp³-hybridized carbons (Fsp3) is 0.231. The predicted octanol–water partition coefficient (Wildman–Crippen LogP) is 3.50. The Morgan fingerprint density at radius 1 is 1.42 bits per heavy atom. The number of ether oxygens (including phenoxy) is 1. The number of carbonyl (C=O) groups excluding carboxylic acids is 1. The first-order valence-corrected chi connectivity index (χ1v) is 7.09. The minimum atomic E-state index is -0.452. The summed E-state index contributed by atoms with van der Waals surface area (Å²) >= 11 is 6.69. The van der Waals surface area contributed by atoms with E-state index in [1.54, 1.807) is 18.3 Å². The van der Waals surface area contributed by atoms with Crippen molar-refractivity contribution in [2.45, 2.75) is 20.0 Å². The Morgan fingerprint density at radius 3 is 2.89 bits per heavy atom. The topological polar surface area (TPSA) is 54.1 Å². The quantitative estimate of drug-likeness (QED) is 0.791. The molecule has 1 aliphatic rings. The second-order valence-corrected chi connectivity index (χ2v) is 6.30. The van der Waals surface area contributed by atoms with Crippen LogP contribution in [0.5, 0.6) is 5.75 Å². The van der Waals surface area contributed by atoms with E-state index in [-0.39, 0.29) is 5.91 Å². The lowest BCUT2D eigenvalue weighted by Crippen LogP contribution is -2.34. The number of aryl methyl sites for hydroxylation is 1. The molecule has 1 amide bonds. The molecule has 0 saturated carbocycles. The maximum absolute atomic E-state index is 11.6. The highest BCUT2D eigenvalue weighted by atomic mass is 32.1. The van der Waals surface area contributed by atoms with Gasteiger partial charge in [0.25, 0.3) is 5.91 Å². The average molecular weight is 292 g/mol. The average Bonchev–Trinajstić information content (AvgIpc) is 2.69. The van der Waals surface area contributed by atoms with E-state index in [1.165, 1.54) is 0 Å². The number of carbonyl (C=O) groups is 1. The van der Waals surface area contributed by atoms with Gasteiger partial charge in [0.05, 0.1) is 11.4 Å². The number of nitrogens with one attached hydrogen (secondary N) is 2. The van der Waals surface area contributed by atoms with Gasteiger partial charge in [-0.05, 0) is 44.3 Å². The third kappa shape index (κ3) is 2.17. The molecule has 4 nitrogen and oxygen atoms in total. The van der Waals surface area contributed by atoms with Crippen LogP contribution in [-0.2, 0) is 4.79 Å². The van der Waals surface area contributed by atoms with Crippen molar-refractivity contribution in [3.63, 3.8) is 0 Å². The number of aromatic amines is 1. The molecule has 1 aliphatic heterocycles. The lowest BCUT2D eigenvalue weighted by atomic mass is 10.1. The molecule has 19 heavy (non-hydrogen) atoms. The number of amides is 1. The third-order valence-corrected chi connectivity index (χ3v) is 4.17. The molecule has 0 spiro atoms. The first-order chi connectivity index (χ1) is 9.04. The highest BCUT2D eigenvalue weighted by Gasteiger charge is 2.23. The summed E-state index contributed by atoms with van der Waals surface area (Å²) in [5, 5.41) is 2.85.